The van der Waals surface area contributed by atoms with Gasteiger partial charge in [0, 0.05) is 18.0 Å². The van der Waals surface area contributed by atoms with Crippen LogP contribution in [0.15, 0.2) is 42.7 Å². The minimum atomic E-state index is 0.501. The van der Waals surface area contributed by atoms with Crippen molar-refractivity contribution >= 4 is 11.6 Å². The third-order valence-corrected chi connectivity index (χ3v) is 1.88. The number of pyridine rings is 2. The normalized spacial score (nSPS) is 9.92. The van der Waals surface area contributed by atoms with E-state index in [0.717, 1.165) is 11.3 Å². The van der Waals surface area contributed by atoms with E-state index in [1.807, 2.05) is 24.3 Å². The van der Waals surface area contributed by atoms with Crippen LogP contribution in [0.3, 0.4) is 0 Å². The molecule has 0 unspecified atom stereocenters. The molecule has 13 heavy (non-hydrogen) atoms. The molecule has 0 radical (unpaired) electrons. The fourth-order valence-electron chi connectivity index (χ4n) is 1.08. The molecular weight excluding hydrogens is 184 g/mol. The first-order valence-electron chi connectivity index (χ1n) is 3.89. The summed E-state index contributed by atoms with van der Waals surface area (Å²) in [4.78, 5) is 8.18. The van der Waals surface area contributed by atoms with Crippen LogP contribution in [0, 0.1) is 0 Å². The predicted molar refractivity (Wildman–Crippen MR) is 52.5 cm³/mol. The minimum absolute atomic E-state index is 0.501. The van der Waals surface area contributed by atoms with Gasteiger partial charge in [0.15, 0.2) is 0 Å². The van der Waals surface area contributed by atoms with Crippen LogP contribution in [-0.2, 0) is 0 Å². The largest absolute Gasteiger partial charge is 0.264 e. The van der Waals surface area contributed by atoms with E-state index in [0.29, 0.717) is 5.15 Å². The third kappa shape index (κ3) is 1.84. The van der Waals surface area contributed by atoms with E-state index in [9.17, 15) is 0 Å². The molecule has 64 valence electrons. The van der Waals surface area contributed by atoms with Gasteiger partial charge in [0.2, 0.25) is 0 Å². The van der Waals surface area contributed by atoms with Gasteiger partial charge in [0.1, 0.15) is 5.15 Å². The van der Waals surface area contributed by atoms with Crippen LogP contribution in [-0.4, -0.2) is 9.97 Å². The molecule has 0 spiro atoms. The summed E-state index contributed by atoms with van der Waals surface area (Å²) in [6, 6.07) is 9.35. The first-order chi connectivity index (χ1) is 6.36. The van der Waals surface area contributed by atoms with E-state index in [1.54, 1.807) is 18.5 Å². The smallest absolute Gasteiger partial charge is 0.129 e. The number of halogens is 1. The topological polar surface area (TPSA) is 25.8 Å². The molecule has 0 amide bonds. The van der Waals surface area contributed by atoms with E-state index in [2.05, 4.69) is 9.97 Å². The zero-order valence-electron chi connectivity index (χ0n) is 6.81. The summed E-state index contributed by atoms with van der Waals surface area (Å²) < 4.78 is 0. The Bertz CT molecular complexity index is 401. The van der Waals surface area contributed by atoms with Crippen molar-refractivity contribution in [3.63, 3.8) is 0 Å². The SMILES string of the molecule is Clc1cccc(-c2cccnc2)n1. The molecule has 2 heterocycles. The average Bonchev–Trinajstić information content (AvgIpc) is 2.19. The number of rotatable bonds is 1. The van der Waals surface area contributed by atoms with E-state index in [-0.39, 0.29) is 0 Å². The molecule has 0 aromatic carbocycles. The maximum absolute atomic E-state index is 5.76. The van der Waals surface area contributed by atoms with Crippen molar-refractivity contribution in [1.82, 2.24) is 9.97 Å². The minimum Gasteiger partial charge on any atom is -0.264 e. The van der Waals surface area contributed by atoms with Crippen molar-refractivity contribution in [3.8, 4) is 11.3 Å². The summed E-state index contributed by atoms with van der Waals surface area (Å²) in [6.45, 7) is 0. The highest BCUT2D eigenvalue weighted by atomic mass is 35.5. The van der Waals surface area contributed by atoms with Gasteiger partial charge >= 0.3 is 0 Å². The molecule has 0 N–H and O–H groups in total. The fraction of sp³-hybridized carbons (Fsp3) is 0. The Balaban J connectivity index is 2.48. The van der Waals surface area contributed by atoms with Crippen LogP contribution in [0.1, 0.15) is 0 Å². The number of hydrogen-bond donors (Lipinski definition) is 0. The molecule has 0 aliphatic rings. The molecule has 0 saturated heterocycles. The molecule has 2 aromatic rings. The molecule has 3 heteroatoms. The molecule has 0 aliphatic heterocycles. The lowest BCUT2D eigenvalue weighted by Gasteiger charge is -1.98. The quantitative estimate of drug-likeness (QED) is 0.647. The molecule has 0 saturated carbocycles. The Kier molecular flexibility index (Phi) is 2.23. The Hall–Kier alpha value is -1.41. The van der Waals surface area contributed by atoms with Gasteiger partial charge in [-0.1, -0.05) is 17.7 Å². The van der Waals surface area contributed by atoms with Crippen LogP contribution < -0.4 is 0 Å². The van der Waals surface area contributed by atoms with Gasteiger partial charge in [-0.25, -0.2) is 4.98 Å². The van der Waals surface area contributed by atoms with Crippen molar-refractivity contribution in [2.45, 2.75) is 0 Å². The molecule has 2 aromatic heterocycles. The van der Waals surface area contributed by atoms with E-state index in [1.165, 1.54) is 0 Å². The number of aromatic nitrogens is 2. The fourth-order valence-corrected chi connectivity index (χ4v) is 1.25. The maximum atomic E-state index is 5.76. The van der Waals surface area contributed by atoms with Crippen molar-refractivity contribution in [2.24, 2.45) is 0 Å². The number of hydrogen-bond acceptors (Lipinski definition) is 2. The lowest BCUT2D eigenvalue weighted by atomic mass is 10.2. The summed E-state index contributed by atoms with van der Waals surface area (Å²) in [7, 11) is 0. The van der Waals surface area contributed by atoms with Gasteiger partial charge in [-0.3, -0.25) is 4.98 Å². The van der Waals surface area contributed by atoms with Crippen LogP contribution in [0.25, 0.3) is 11.3 Å². The molecule has 2 nitrogen and oxygen atoms in total. The van der Waals surface area contributed by atoms with Crippen LogP contribution >= 0.6 is 11.6 Å². The lowest BCUT2D eigenvalue weighted by molar-refractivity contribution is 1.28. The molecular formula is C10H7ClN2. The van der Waals surface area contributed by atoms with Gasteiger partial charge in [0.25, 0.3) is 0 Å². The standard InChI is InChI=1S/C10H7ClN2/c11-10-5-1-4-9(13-10)8-3-2-6-12-7-8/h1-7H. The average molecular weight is 191 g/mol. The zero-order chi connectivity index (χ0) is 9.10. The van der Waals surface area contributed by atoms with Crippen LogP contribution in [0.4, 0.5) is 0 Å². The highest BCUT2D eigenvalue weighted by molar-refractivity contribution is 6.29. The van der Waals surface area contributed by atoms with Gasteiger partial charge in [-0.2, -0.15) is 0 Å². The summed E-state index contributed by atoms with van der Waals surface area (Å²) >= 11 is 5.76. The summed E-state index contributed by atoms with van der Waals surface area (Å²) in [6.07, 6.45) is 3.49. The Morgan fingerprint density at radius 1 is 1.08 bits per heavy atom. The van der Waals surface area contributed by atoms with Crippen molar-refractivity contribution in [2.75, 3.05) is 0 Å². The van der Waals surface area contributed by atoms with Crippen molar-refractivity contribution in [1.29, 1.82) is 0 Å². The van der Waals surface area contributed by atoms with Crippen LogP contribution in [0.5, 0.6) is 0 Å². The second kappa shape index (κ2) is 3.54. The van der Waals surface area contributed by atoms with Crippen LogP contribution in [0.2, 0.25) is 5.15 Å². The van der Waals surface area contributed by atoms with Gasteiger partial charge < -0.3 is 0 Å². The Morgan fingerprint density at radius 3 is 2.69 bits per heavy atom. The highest BCUT2D eigenvalue weighted by Gasteiger charge is 1.97. The lowest BCUT2D eigenvalue weighted by Crippen LogP contribution is -1.83. The molecule has 0 aliphatic carbocycles. The van der Waals surface area contributed by atoms with Crippen molar-refractivity contribution < 1.29 is 0 Å². The first-order valence-corrected chi connectivity index (χ1v) is 4.27. The molecule has 2 rings (SSSR count). The van der Waals surface area contributed by atoms with E-state index < -0.39 is 0 Å². The third-order valence-electron chi connectivity index (χ3n) is 1.67. The van der Waals surface area contributed by atoms with Gasteiger partial charge in [-0.15, -0.1) is 0 Å². The van der Waals surface area contributed by atoms with Gasteiger partial charge in [-0.05, 0) is 24.3 Å². The summed E-state index contributed by atoms with van der Waals surface area (Å²) in [5.41, 5.74) is 1.82. The highest BCUT2D eigenvalue weighted by Crippen LogP contribution is 2.16. The monoisotopic (exact) mass is 190 g/mol. The molecule has 0 atom stereocenters. The Labute approximate surface area is 81.2 Å². The van der Waals surface area contributed by atoms with E-state index >= 15 is 0 Å². The molecule has 0 bridgehead atoms. The zero-order valence-corrected chi connectivity index (χ0v) is 7.57. The first kappa shape index (κ1) is 8.20. The molecule has 0 fully saturated rings. The van der Waals surface area contributed by atoms with E-state index in [4.69, 9.17) is 11.6 Å². The second-order valence-electron chi connectivity index (χ2n) is 2.59. The Morgan fingerprint density at radius 2 is 2.00 bits per heavy atom. The second-order valence-corrected chi connectivity index (χ2v) is 2.97. The van der Waals surface area contributed by atoms with Gasteiger partial charge in [0.05, 0.1) is 5.69 Å². The maximum Gasteiger partial charge on any atom is 0.129 e. The van der Waals surface area contributed by atoms with Crippen molar-refractivity contribution in [3.05, 3.63) is 47.9 Å². The summed E-state index contributed by atoms with van der Waals surface area (Å²) in [5.74, 6) is 0. The summed E-state index contributed by atoms with van der Waals surface area (Å²) in [5, 5.41) is 0.501. The number of nitrogens with zero attached hydrogens (tertiary/aromatic N) is 2. The predicted octanol–water partition coefficient (Wildman–Crippen LogP) is 2.80.